The molecule has 1 fully saturated rings. The number of rotatable bonds is 8. The summed E-state index contributed by atoms with van der Waals surface area (Å²) in [6.07, 6.45) is 3.32. The number of thiazole rings is 1. The zero-order chi connectivity index (χ0) is 26.5. The van der Waals surface area contributed by atoms with Crippen LogP contribution >= 0.6 is 34.7 Å². The molecule has 3 unspecified atom stereocenters. The molecule has 4 heterocycles. The Morgan fingerprint density at radius 3 is 2.54 bits per heavy atom. The number of esters is 3. The van der Waals surface area contributed by atoms with Crippen molar-refractivity contribution < 1.29 is 33.3 Å². The largest absolute Gasteiger partial charge is 0.463 e. The zero-order valence-corrected chi connectivity index (χ0v) is 22.2. The number of nitrogens with zero attached hydrogens (tertiary/aromatic N) is 5. The number of halogens is 1. The Hall–Kier alpha value is -3.07. The van der Waals surface area contributed by atoms with Gasteiger partial charge in [0.1, 0.15) is 34.9 Å². The van der Waals surface area contributed by atoms with Crippen molar-refractivity contribution in [2.24, 2.45) is 0 Å². The van der Waals surface area contributed by atoms with Crippen molar-refractivity contribution in [2.75, 3.05) is 6.61 Å². The molecule has 3 aromatic rings. The smallest absolute Gasteiger partial charge is 0.303 e. The van der Waals surface area contributed by atoms with Crippen LogP contribution in [0.5, 0.6) is 0 Å². The minimum Gasteiger partial charge on any atom is -0.463 e. The van der Waals surface area contributed by atoms with E-state index in [-0.39, 0.29) is 6.61 Å². The quantitative estimate of drug-likeness (QED) is 0.291. The van der Waals surface area contributed by atoms with Crippen molar-refractivity contribution in [3.8, 4) is 10.7 Å². The minimum atomic E-state index is -1.05. The highest BCUT2D eigenvalue weighted by molar-refractivity contribution is 7.99. The molecule has 0 N–H and O–H groups in total. The number of thioether (sulfide) groups is 1. The standard InChI is InChI=1S/C22H22ClN5O7S2/c1-11(29)32-10-17-19(33-12(2)30)18(28-9-16(26-27-28)21-25-4-5-36-21)20(34-13(3)31)22(35-17)37-15-6-14(23)7-24-8-15/h4-9,17-20,22H,10H2,1-3H3/t17?,18?,19-,20?,22+/m0/s1. The molecule has 0 amide bonds. The van der Waals surface area contributed by atoms with E-state index in [1.165, 1.54) is 54.7 Å². The Morgan fingerprint density at radius 2 is 1.89 bits per heavy atom. The second-order valence-corrected chi connectivity index (χ2v) is 10.4. The molecule has 5 atom stereocenters. The molecule has 4 rings (SSSR count). The van der Waals surface area contributed by atoms with Crippen LogP contribution in [-0.2, 0) is 33.3 Å². The molecule has 15 heteroatoms. The molecule has 3 aromatic heterocycles. The first-order valence-electron chi connectivity index (χ1n) is 10.9. The Morgan fingerprint density at radius 1 is 1.14 bits per heavy atom. The van der Waals surface area contributed by atoms with Crippen molar-refractivity contribution in [3.63, 3.8) is 0 Å². The van der Waals surface area contributed by atoms with E-state index < -0.39 is 47.7 Å². The van der Waals surface area contributed by atoms with Gasteiger partial charge in [0.2, 0.25) is 0 Å². The Bertz CT molecular complexity index is 1260. The number of pyridine rings is 1. The van der Waals surface area contributed by atoms with Crippen molar-refractivity contribution in [1.82, 2.24) is 25.0 Å². The van der Waals surface area contributed by atoms with Gasteiger partial charge in [-0.2, -0.15) is 0 Å². The van der Waals surface area contributed by atoms with Gasteiger partial charge in [-0.25, -0.2) is 9.67 Å². The van der Waals surface area contributed by atoms with Crippen LogP contribution in [-0.4, -0.2) is 73.2 Å². The average molecular weight is 568 g/mol. The van der Waals surface area contributed by atoms with Crippen LogP contribution in [0.25, 0.3) is 10.7 Å². The van der Waals surface area contributed by atoms with Crippen LogP contribution in [0.2, 0.25) is 5.02 Å². The molecule has 0 aliphatic carbocycles. The molecule has 12 nitrogen and oxygen atoms in total. The Labute approximate surface area is 224 Å². The Balaban J connectivity index is 1.78. The SMILES string of the molecule is CC(=O)OCC1O[C@H](Sc2cncc(Cl)c2)C(OC(C)=O)C(n2cc(-c3nccs3)nn2)[C@H]1OC(C)=O. The molecular formula is C22H22ClN5O7S2. The number of carbonyl (C=O) groups is 3. The lowest BCUT2D eigenvalue weighted by molar-refractivity contribution is -0.212. The van der Waals surface area contributed by atoms with Crippen LogP contribution in [0.3, 0.4) is 0 Å². The van der Waals surface area contributed by atoms with E-state index in [0.717, 1.165) is 0 Å². The first-order chi connectivity index (χ1) is 17.7. The predicted molar refractivity (Wildman–Crippen MR) is 132 cm³/mol. The van der Waals surface area contributed by atoms with Crippen molar-refractivity contribution in [3.05, 3.63) is 41.3 Å². The normalized spacial score (nSPS) is 23.3. The summed E-state index contributed by atoms with van der Waals surface area (Å²) in [5, 5.41) is 11.3. The minimum absolute atomic E-state index is 0.227. The molecule has 0 spiro atoms. The summed E-state index contributed by atoms with van der Waals surface area (Å²) in [4.78, 5) is 44.9. The molecule has 0 aromatic carbocycles. The van der Waals surface area contributed by atoms with E-state index in [1.807, 2.05) is 0 Å². The third-order valence-electron chi connectivity index (χ3n) is 5.07. The molecule has 37 heavy (non-hydrogen) atoms. The highest BCUT2D eigenvalue weighted by Crippen LogP contribution is 2.41. The van der Waals surface area contributed by atoms with Gasteiger partial charge in [0.05, 0.1) is 11.2 Å². The third kappa shape index (κ3) is 6.83. The molecule has 0 radical (unpaired) electrons. The van der Waals surface area contributed by atoms with E-state index in [0.29, 0.717) is 20.6 Å². The summed E-state index contributed by atoms with van der Waals surface area (Å²) in [7, 11) is 0. The van der Waals surface area contributed by atoms with Crippen LogP contribution < -0.4 is 0 Å². The zero-order valence-electron chi connectivity index (χ0n) is 19.8. The fraction of sp³-hybridized carbons (Fsp3) is 0.409. The van der Waals surface area contributed by atoms with Crippen molar-refractivity contribution >= 4 is 52.6 Å². The van der Waals surface area contributed by atoms with Gasteiger partial charge in [0.25, 0.3) is 0 Å². The van der Waals surface area contributed by atoms with Gasteiger partial charge in [-0.15, -0.1) is 16.4 Å². The second-order valence-electron chi connectivity index (χ2n) is 7.86. The van der Waals surface area contributed by atoms with Gasteiger partial charge in [0.15, 0.2) is 12.2 Å². The summed E-state index contributed by atoms with van der Waals surface area (Å²) in [5.41, 5.74) is -0.376. The summed E-state index contributed by atoms with van der Waals surface area (Å²) in [6.45, 7) is 3.52. The lowest BCUT2D eigenvalue weighted by Gasteiger charge is -2.44. The Kier molecular flexibility index (Phi) is 8.74. The van der Waals surface area contributed by atoms with E-state index in [4.69, 9.17) is 30.5 Å². The second kappa shape index (κ2) is 12.0. The van der Waals surface area contributed by atoms with Crippen LogP contribution in [0, 0.1) is 0 Å². The highest BCUT2D eigenvalue weighted by Gasteiger charge is 2.52. The molecule has 1 aliphatic heterocycles. The van der Waals surface area contributed by atoms with E-state index >= 15 is 0 Å². The van der Waals surface area contributed by atoms with Gasteiger partial charge in [0, 0.05) is 49.6 Å². The fourth-order valence-electron chi connectivity index (χ4n) is 3.74. The van der Waals surface area contributed by atoms with E-state index in [1.54, 1.807) is 30.0 Å². The van der Waals surface area contributed by atoms with Crippen molar-refractivity contribution in [1.29, 1.82) is 0 Å². The number of aromatic nitrogens is 5. The first-order valence-corrected chi connectivity index (χ1v) is 13.1. The number of ether oxygens (including phenoxy) is 4. The monoisotopic (exact) mass is 567 g/mol. The maximum Gasteiger partial charge on any atom is 0.303 e. The van der Waals surface area contributed by atoms with Gasteiger partial charge >= 0.3 is 17.9 Å². The van der Waals surface area contributed by atoms with Crippen LogP contribution in [0.4, 0.5) is 0 Å². The summed E-state index contributed by atoms with van der Waals surface area (Å²) >= 11 is 8.67. The summed E-state index contributed by atoms with van der Waals surface area (Å²) < 4.78 is 24.3. The summed E-state index contributed by atoms with van der Waals surface area (Å²) in [5.74, 6) is -1.74. The maximum absolute atomic E-state index is 12.2. The predicted octanol–water partition coefficient (Wildman–Crippen LogP) is 2.93. The lowest BCUT2D eigenvalue weighted by atomic mass is 9.96. The number of hydrogen-bond donors (Lipinski definition) is 0. The lowest BCUT2D eigenvalue weighted by Crippen LogP contribution is -2.57. The maximum atomic E-state index is 12.2. The third-order valence-corrected chi connectivity index (χ3v) is 7.18. The summed E-state index contributed by atoms with van der Waals surface area (Å²) in [6, 6.07) is 0.783. The number of hydrogen-bond acceptors (Lipinski definition) is 13. The van der Waals surface area contributed by atoms with E-state index in [9.17, 15) is 14.4 Å². The van der Waals surface area contributed by atoms with Crippen molar-refractivity contribution in [2.45, 2.75) is 55.5 Å². The molecule has 0 bridgehead atoms. The van der Waals surface area contributed by atoms with E-state index in [2.05, 4.69) is 20.3 Å². The molecule has 1 saturated heterocycles. The van der Waals surface area contributed by atoms with Gasteiger partial charge in [-0.3, -0.25) is 19.4 Å². The van der Waals surface area contributed by atoms with Gasteiger partial charge in [-0.05, 0) is 6.07 Å². The molecule has 196 valence electrons. The number of carbonyl (C=O) groups excluding carboxylic acids is 3. The highest BCUT2D eigenvalue weighted by atomic mass is 35.5. The van der Waals surface area contributed by atoms with Gasteiger partial charge < -0.3 is 18.9 Å². The van der Waals surface area contributed by atoms with Crippen LogP contribution in [0.1, 0.15) is 26.8 Å². The van der Waals surface area contributed by atoms with Crippen LogP contribution in [0.15, 0.2) is 41.1 Å². The first kappa shape index (κ1) is 27.0. The fourth-order valence-corrected chi connectivity index (χ4v) is 5.70. The molecule has 0 saturated carbocycles. The topological polar surface area (TPSA) is 145 Å². The van der Waals surface area contributed by atoms with Gasteiger partial charge in [-0.1, -0.05) is 28.6 Å². The molecule has 1 aliphatic rings. The average Bonchev–Trinajstić information content (AvgIpc) is 3.51. The molecular weight excluding hydrogens is 546 g/mol.